The van der Waals surface area contributed by atoms with Crippen LogP contribution in [0.4, 0.5) is 0 Å². The zero-order valence-electron chi connectivity index (χ0n) is 13.8. The van der Waals surface area contributed by atoms with E-state index in [1.807, 2.05) is 39.0 Å². The molecule has 0 unspecified atom stereocenters. The maximum Gasteiger partial charge on any atom is 0.266 e. The smallest absolute Gasteiger partial charge is 0.266 e. The molecule has 0 amide bonds. The normalized spacial score (nSPS) is 15.6. The summed E-state index contributed by atoms with van der Waals surface area (Å²) in [5, 5.41) is 0. The van der Waals surface area contributed by atoms with Gasteiger partial charge in [0.05, 0.1) is 9.20 Å². The highest BCUT2D eigenvalue weighted by Crippen LogP contribution is 2.30. The van der Waals surface area contributed by atoms with E-state index in [1.54, 1.807) is 6.08 Å². The summed E-state index contributed by atoms with van der Waals surface area (Å²) in [6, 6.07) is 5.55. The fourth-order valence-corrected chi connectivity index (χ4v) is 3.05. The quantitative estimate of drug-likeness (QED) is 0.894. The summed E-state index contributed by atoms with van der Waals surface area (Å²) in [6.07, 6.45) is 3.27. The number of nitrogens with one attached hydrogen (secondary N) is 1. The minimum Gasteiger partial charge on any atom is -0.486 e. The highest BCUT2D eigenvalue weighted by atomic mass is 32.1. The Hall–Kier alpha value is -2.34. The van der Waals surface area contributed by atoms with Gasteiger partial charge in [0, 0.05) is 11.5 Å². The molecule has 0 atom stereocenters. The summed E-state index contributed by atoms with van der Waals surface area (Å²) < 4.78 is 12.1. The van der Waals surface area contributed by atoms with Crippen LogP contribution in [0.3, 0.4) is 0 Å². The third-order valence-electron chi connectivity index (χ3n) is 3.55. The molecule has 1 N–H and O–H groups in total. The number of hydrogen-bond donors (Lipinski definition) is 1. The molecule has 1 aliphatic heterocycles. The van der Waals surface area contributed by atoms with E-state index in [9.17, 15) is 9.59 Å². The lowest BCUT2D eigenvalue weighted by atomic mass is 9.91. The van der Waals surface area contributed by atoms with Gasteiger partial charge in [-0.15, -0.1) is 11.3 Å². The van der Waals surface area contributed by atoms with Crippen LogP contribution in [0.5, 0.6) is 11.5 Å². The third-order valence-corrected chi connectivity index (χ3v) is 4.51. The number of hydrogen-bond acceptors (Lipinski definition) is 5. The Morgan fingerprint density at radius 3 is 2.62 bits per heavy atom. The molecule has 0 saturated carbocycles. The molecule has 6 heteroatoms. The van der Waals surface area contributed by atoms with Crippen molar-refractivity contribution >= 4 is 29.3 Å². The van der Waals surface area contributed by atoms with Crippen LogP contribution >= 0.6 is 11.3 Å². The van der Waals surface area contributed by atoms with E-state index in [4.69, 9.17) is 9.47 Å². The molecule has 0 saturated heterocycles. The molecule has 1 aliphatic rings. The minimum absolute atomic E-state index is 0.0223. The number of ether oxygens (including phenoxy) is 2. The highest BCUT2D eigenvalue weighted by molar-refractivity contribution is 7.07. The lowest BCUT2D eigenvalue weighted by Crippen LogP contribution is -2.22. The average molecular weight is 345 g/mol. The lowest BCUT2D eigenvalue weighted by molar-refractivity contribution is -0.119. The fraction of sp³-hybridized carbons (Fsp3) is 0.333. The van der Waals surface area contributed by atoms with Crippen molar-refractivity contribution in [2.24, 2.45) is 5.41 Å². The van der Waals surface area contributed by atoms with Crippen LogP contribution in [0.25, 0.3) is 12.2 Å². The number of carbonyl (C=O) groups excluding carboxylic acids is 1. The number of H-pyrrole nitrogens is 1. The van der Waals surface area contributed by atoms with Crippen LogP contribution in [0.2, 0.25) is 0 Å². The maximum atomic E-state index is 12.1. The number of Topliss-reactive ketones (excluding diaryl/α,β-unsaturated/α-hetero) is 1. The summed E-state index contributed by atoms with van der Waals surface area (Å²) in [6.45, 7) is 6.60. The van der Waals surface area contributed by atoms with Gasteiger partial charge in [0.15, 0.2) is 17.3 Å². The van der Waals surface area contributed by atoms with Gasteiger partial charge >= 0.3 is 0 Å². The van der Waals surface area contributed by atoms with Gasteiger partial charge in [-0.1, -0.05) is 26.8 Å². The number of rotatable bonds is 2. The lowest BCUT2D eigenvalue weighted by Gasteiger charge is -2.18. The zero-order valence-corrected chi connectivity index (χ0v) is 14.7. The molecule has 0 bridgehead atoms. The van der Waals surface area contributed by atoms with Crippen molar-refractivity contribution in [2.75, 3.05) is 13.2 Å². The van der Waals surface area contributed by atoms with Crippen molar-refractivity contribution in [1.29, 1.82) is 0 Å². The standard InChI is InChI=1S/C18H19NO4S/c1-18(2,3)15(20)10-16-19-17(21)14(24-16)9-11-4-5-12-13(8-11)23-7-6-22-12/h4-5,8-10H,6-7H2,1-3H3,(H,19,21)/b14-9-,16-10+. The Kier molecular flexibility index (Phi) is 4.32. The van der Waals surface area contributed by atoms with E-state index >= 15 is 0 Å². The molecule has 0 fully saturated rings. The number of aromatic amines is 1. The van der Waals surface area contributed by atoms with Crippen LogP contribution in [-0.4, -0.2) is 24.0 Å². The summed E-state index contributed by atoms with van der Waals surface area (Å²) in [5.74, 6) is 1.37. The van der Waals surface area contributed by atoms with E-state index in [2.05, 4.69) is 4.98 Å². The molecule has 2 heterocycles. The first-order chi connectivity index (χ1) is 11.3. The number of aromatic nitrogens is 1. The second-order valence-corrected chi connectivity index (χ2v) is 7.67. The van der Waals surface area contributed by atoms with Gasteiger partial charge in [-0.25, -0.2) is 0 Å². The predicted molar refractivity (Wildman–Crippen MR) is 94.1 cm³/mol. The number of carbonyl (C=O) groups is 1. The Morgan fingerprint density at radius 1 is 1.21 bits per heavy atom. The number of ketones is 1. The molecule has 0 aliphatic carbocycles. The Bertz CT molecular complexity index is 947. The van der Waals surface area contributed by atoms with Crippen LogP contribution in [0.15, 0.2) is 23.0 Å². The molecule has 3 rings (SSSR count). The monoisotopic (exact) mass is 345 g/mol. The summed E-state index contributed by atoms with van der Waals surface area (Å²) in [4.78, 5) is 26.9. The van der Waals surface area contributed by atoms with Gasteiger partial charge < -0.3 is 14.5 Å². The van der Waals surface area contributed by atoms with Crippen molar-refractivity contribution in [3.8, 4) is 11.5 Å². The number of thiazole rings is 1. The molecule has 2 aromatic rings. The molecular formula is C18H19NO4S. The van der Waals surface area contributed by atoms with Crippen molar-refractivity contribution in [3.05, 3.63) is 43.3 Å². The molecule has 1 aromatic carbocycles. The molecular weight excluding hydrogens is 326 g/mol. The predicted octanol–water partition coefficient (Wildman–Crippen LogP) is 1.43. The van der Waals surface area contributed by atoms with E-state index in [0.717, 1.165) is 5.56 Å². The largest absolute Gasteiger partial charge is 0.486 e. The van der Waals surface area contributed by atoms with E-state index in [-0.39, 0.29) is 11.3 Å². The van der Waals surface area contributed by atoms with Gasteiger partial charge in [-0.05, 0) is 23.8 Å². The van der Waals surface area contributed by atoms with E-state index in [0.29, 0.717) is 33.9 Å². The minimum atomic E-state index is -0.472. The van der Waals surface area contributed by atoms with Crippen molar-refractivity contribution in [1.82, 2.24) is 4.98 Å². The van der Waals surface area contributed by atoms with Crippen molar-refractivity contribution in [3.63, 3.8) is 0 Å². The second-order valence-electron chi connectivity index (χ2n) is 6.59. The van der Waals surface area contributed by atoms with Crippen LogP contribution in [-0.2, 0) is 4.79 Å². The van der Waals surface area contributed by atoms with E-state index < -0.39 is 5.41 Å². The van der Waals surface area contributed by atoms with Crippen molar-refractivity contribution in [2.45, 2.75) is 20.8 Å². The second kappa shape index (κ2) is 6.28. The molecule has 126 valence electrons. The topological polar surface area (TPSA) is 68.4 Å². The molecule has 5 nitrogen and oxygen atoms in total. The van der Waals surface area contributed by atoms with Crippen LogP contribution < -0.4 is 24.2 Å². The molecule has 24 heavy (non-hydrogen) atoms. The number of benzene rings is 1. The Morgan fingerprint density at radius 2 is 1.92 bits per heavy atom. The van der Waals surface area contributed by atoms with Gasteiger partial charge in [-0.2, -0.15) is 0 Å². The van der Waals surface area contributed by atoms with Crippen LogP contribution in [0.1, 0.15) is 26.3 Å². The van der Waals surface area contributed by atoms with Crippen molar-refractivity contribution < 1.29 is 14.3 Å². The fourth-order valence-electron chi connectivity index (χ4n) is 2.16. The first kappa shape index (κ1) is 16.5. The molecule has 1 aromatic heterocycles. The average Bonchev–Trinajstić information content (AvgIpc) is 2.86. The highest BCUT2D eigenvalue weighted by Gasteiger charge is 2.18. The Balaban J connectivity index is 1.99. The number of fused-ring (bicyclic) bond motifs is 1. The van der Waals surface area contributed by atoms with E-state index in [1.165, 1.54) is 17.4 Å². The first-order valence-electron chi connectivity index (χ1n) is 7.69. The van der Waals surface area contributed by atoms with Crippen LogP contribution in [0, 0.1) is 5.41 Å². The zero-order chi connectivity index (χ0) is 17.3. The summed E-state index contributed by atoms with van der Waals surface area (Å²) in [7, 11) is 0. The van der Waals surface area contributed by atoms with Gasteiger partial charge in [0.1, 0.15) is 13.2 Å². The Labute approximate surface area is 143 Å². The van der Waals surface area contributed by atoms with Gasteiger partial charge in [0.2, 0.25) is 0 Å². The van der Waals surface area contributed by atoms with Gasteiger partial charge in [-0.3, -0.25) is 9.59 Å². The molecule has 0 radical (unpaired) electrons. The first-order valence-corrected chi connectivity index (χ1v) is 8.51. The van der Waals surface area contributed by atoms with Gasteiger partial charge in [0.25, 0.3) is 5.56 Å². The summed E-state index contributed by atoms with van der Waals surface area (Å²) in [5.41, 5.74) is 0.170. The molecule has 0 spiro atoms. The maximum absolute atomic E-state index is 12.1. The SMILES string of the molecule is CC(C)(C)C(=O)/C=c1\[nH]c(=O)/c(=C/c2ccc3c(c2)OCCO3)s1. The summed E-state index contributed by atoms with van der Waals surface area (Å²) >= 11 is 1.26. The third kappa shape index (κ3) is 3.59.